The fourth-order valence-corrected chi connectivity index (χ4v) is 1.74. The van der Waals surface area contributed by atoms with Crippen LogP contribution in [0.2, 0.25) is 0 Å². The van der Waals surface area contributed by atoms with Gasteiger partial charge in [0.15, 0.2) is 0 Å². The zero-order valence-electron chi connectivity index (χ0n) is 10.4. The maximum Gasteiger partial charge on any atom is 0.251 e. The highest BCUT2D eigenvalue weighted by molar-refractivity contribution is 9.10. The number of hydrogen-bond acceptors (Lipinski definition) is 2. The van der Waals surface area contributed by atoms with Crippen molar-refractivity contribution in [3.05, 3.63) is 33.8 Å². The number of carbonyl (C=O) groups excluding carboxylic acids is 1. The van der Waals surface area contributed by atoms with Gasteiger partial charge in [0.25, 0.3) is 5.91 Å². The molecular formula is C13H18BrNO2. The lowest BCUT2D eigenvalue weighted by atomic mass is 10.1. The summed E-state index contributed by atoms with van der Waals surface area (Å²) < 4.78 is 6.03. The highest BCUT2D eigenvalue weighted by atomic mass is 79.9. The van der Waals surface area contributed by atoms with Gasteiger partial charge in [-0.05, 0) is 36.6 Å². The van der Waals surface area contributed by atoms with Crippen molar-refractivity contribution in [2.75, 3.05) is 20.3 Å². The van der Waals surface area contributed by atoms with Gasteiger partial charge in [-0.1, -0.05) is 22.9 Å². The average Bonchev–Trinajstić information content (AvgIpc) is 2.30. The second-order valence-corrected chi connectivity index (χ2v) is 5.09. The summed E-state index contributed by atoms with van der Waals surface area (Å²) in [6.45, 7) is 5.28. The molecule has 0 radical (unpaired) electrons. The SMILES string of the molecule is COCC(C)CNC(=O)c1ccc(Br)c(C)c1. The van der Waals surface area contributed by atoms with Crippen LogP contribution < -0.4 is 5.32 Å². The summed E-state index contributed by atoms with van der Waals surface area (Å²) in [4.78, 5) is 11.8. The third kappa shape index (κ3) is 4.48. The molecule has 1 aromatic rings. The number of hydrogen-bond donors (Lipinski definition) is 1. The molecule has 1 unspecified atom stereocenters. The van der Waals surface area contributed by atoms with Gasteiger partial charge in [0.1, 0.15) is 0 Å². The predicted octanol–water partition coefficient (Wildman–Crippen LogP) is 2.77. The van der Waals surface area contributed by atoms with Gasteiger partial charge in [-0.2, -0.15) is 0 Å². The van der Waals surface area contributed by atoms with Crippen molar-refractivity contribution < 1.29 is 9.53 Å². The molecule has 1 N–H and O–H groups in total. The predicted molar refractivity (Wildman–Crippen MR) is 72.3 cm³/mol. The molecule has 1 rings (SSSR count). The van der Waals surface area contributed by atoms with Crippen molar-refractivity contribution in [3.8, 4) is 0 Å². The molecule has 17 heavy (non-hydrogen) atoms. The summed E-state index contributed by atoms with van der Waals surface area (Å²) in [5, 5.41) is 2.90. The Morgan fingerprint density at radius 1 is 1.53 bits per heavy atom. The minimum atomic E-state index is -0.0384. The molecule has 4 heteroatoms. The Kier molecular flexibility index (Phi) is 5.65. The summed E-state index contributed by atoms with van der Waals surface area (Å²) in [6, 6.07) is 5.58. The molecule has 0 bridgehead atoms. The lowest BCUT2D eigenvalue weighted by Crippen LogP contribution is -2.29. The van der Waals surface area contributed by atoms with E-state index in [0.29, 0.717) is 24.6 Å². The van der Waals surface area contributed by atoms with E-state index in [1.165, 1.54) is 0 Å². The van der Waals surface area contributed by atoms with Gasteiger partial charge < -0.3 is 10.1 Å². The maximum absolute atomic E-state index is 11.8. The minimum absolute atomic E-state index is 0.0384. The first-order valence-electron chi connectivity index (χ1n) is 5.58. The Hall–Kier alpha value is -0.870. The van der Waals surface area contributed by atoms with E-state index in [1.807, 2.05) is 32.0 Å². The second-order valence-electron chi connectivity index (χ2n) is 4.23. The first kappa shape index (κ1) is 14.2. The zero-order chi connectivity index (χ0) is 12.8. The Bertz CT molecular complexity index is 393. The van der Waals surface area contributed by atoms with E-state index < -0.39 is 0 Å². The first-order chi connectivity index (χ1) is 8.04. The third-order valence-corrected chi connectivity index (χ3v) is 3.37. The largest absolute Gasteiger partial charge is 0.384 e. The van der Waals surface area contributed by atoms with E-state index in [1.54, 1.807) is 7.11 Å². The molecule has 1 aromatic carbocycles. The van der Waals surface area contributed by atoms with Crippen molar-refractivity contribution in [2.24, 2.45) is 5.92 Å². The van der Waals surface area contributed by atoms with Gasteiger partial charge in [0.2, 0.25) is 0 Å². The molecule has 1 atom stereocenters. The highest BCUT2D eigenvalue weighted by Crippen LogP contribution is 2.16. The Morgan fingerprint density at radius 2 is 2.24 bits per heavy atom. The number of methoxy groups -OCH3 is 1. The molecule has 0 spiro atoms. The van der Waals surface area contributed by atoms with Crippen LogP contribution in [0.4, 0.5) is 0 Å². The normalized spacial score (nSPS) is 12.2. The van der Waals surface area contributed by atoms with E-state index in [2.05, 4.69) is 21.2 Å². The minimum Gasteiger partial charge on any atom is -0.384 e. The first-order valence-corrected chi connectivity index (χ1v) is 6.37. The molecule has 0 heterocycles. The van der Waals surface area contributed by atoms with Crippen LogP contribution in [0.25, 0.3) is 0 Å². The Labute approximate surface area is 111 Å². The summed E-state index contributed by atoms with van der Waals surface area (Å²) in [5.41, 5.74) is 1.75. The molecular weight excluding hydrogens is 282 g/mol. The molecule has 1 amide bonds. The number of halogens is 1. The topological polar surface area (TPSA) is 38.3 Å². The van der Waals surface area contributed by atoms with E-state index in [9.17, 15) is 4.79 Å². The number of amides is 1. The average molecular weight is 300 g/mol. The van der Waals surface area contributed by atoms with E-state index in [-0.39, 0.29) is 5.91 Å². The van der Waals surface area contributed by atoms with Crippen molar-refractivity contribution in [1.29, 1.82) is 0 Å². The molecule has 0 saturated carbocycles. The van der Waals surface area contributed by atoms with Gasteiger partial charge in [0, 0.05) is 23.7 Å². The number of aryl methyl sites for hydroxylation is 1. The number of nitrogens with one attached hydrogen (secondary N) is 1. The van der Waals surface area contributed by atoms with Crippen LogP contribution in [0.3, 0.4) is 0 Å². The molecule has 0 fully saturated rings. The molecule has 3 nitrogen and oxygen atoms in total. The van der Waals surface area contributed by atoms with Gasteiger partial charge in [-0.25, -0.2) is 0 Å². The number of rotatable bonds is 5. The Morgan fingerprint density at radius 3 is 2.82 bits per heavy atom. The van der Waals surface area contributed by atoms with E-state index in [0.717, 1.165) is 10.0 Å². The van der Waals surface area contributed by atoms with Crippen LogP contribution in [0, 0.1) is 12.8 Å². The molecule has 0 aromatic heterocycles. The van der Waals surface area contributed by atoms with Crippen molar-refractivity contribution in [1.82, 2.24) is 5.32 Å². The molecule has 0 aliphatic rings. The quantitative estimate of drug-likeness (QED) is 0.908. The standard InChI is InChI=1S/C13H18BrNO2/c1-9(8-17-3)7-15-13(16)11-4-5-12(14)10(2)6-11/h4-6,9H,7-8H2,1-3H3,(H,15,16). The van der Waals surface area contributed by atoms with Gasteiger partial charge >= 0.3 is 0 Å². The molecule has 0 aliphatic carbocycles. The van der Waals surface area contributed by atoms with Crippen LogP contribution >= 0.6 is 15.9 Å². The summed E-state index contributed by atoms with van der Waals surface area (Å²) in [5.74, 6) is 0.282. The number of ether oxygens (including phenoxy) is 1. The lowest BCUT2D eigenvalue weighted by molar-refractivity contribution is 0.0934. The van der Waals surface area contributed by atoms with Crippen molar-refractivity contribution in [2.45, 2.75) is 13.8 Å². The zero-order valence-corrected chi connectivity index (χ0v) is 12.0. The van der Waals surface area contributed by atoms with Crippen molar-refractivity contribution in [3.63, 3.8) is 0 Å². The summed E-state index contributed by atoms with van der Waals surface area (Å²) in [6.07, 6.45) is 0. The fourth-order valence-electron chi connectivity index (χ4n) is 1.50. The monoisotopic (exact) mass is 299 g/mol. The van der Waals surface area contributed by atoms with Gasteiger partial charge in [-0.3, -0.25) is 4.79 Å². The number of carbonyl (C=O) groups is 1. The van der Waals surface area contributed by atoms with Crippen LogP contribution in [-0.2, 0) is 4.74 Å². The summed E-state index contributed by atoms with van der Waals surface area (Å²) >= 11 is 3.41. The van der Waals surface area contributed by atoms with Crippen molar-refractivity contribution >= 4 is 21.8 Å². The highest BCUT2D eigenvalue weighted by Gasteiger charge is 2.08. The molecule has 0 aliphatic heterocycles. The smallest absolute Gasteiger partial charge is 0.251 e. The van der Waals surface area contributed by atoms with Crippen LogP contribution in [-0.4, -0.2) is 26.2 Å². The summed E-state index contributed by atoms with van der Waals surface area (Å²) in [7, 11) is 1.66. The van der Waals surface area contributed by atoms with Gasteiger partial charge in [0.05, 0.1) is 6.61 Å². The maximum atomic E-state index is 11.8. The molecule has 0 saturated heterocycles. The Balaban J connectivity index is 2.55. The van der Waals surface area contributed by atoms with Gasteiger partial charge in [-0.15, -0.1) is 0 Å². The van der Waals surface area contributed by atoms with Crippen LogP contribution in [0.5, 0.6) is 0 Å². The third-order valence-electron chi connectivity index (χ3n) is 2.48. The van der Waals surface area contributed by atoms with E-state index in [4.69, 9.17) is 4.74 Å². The van der Waals surface area contributed by atoms with E-state index >= 15 is 0 Å². The van der Waals surface area contributed by atoms with Crippen LogP contribution in [0.1, 0.15) is 22.8 Å². The number of benzene rings is 1. The lowest BCUT2D eigenvalue weighted by Gasteiger charge is -2.11. The second kappa shape index (κ2) is 6.77. The fraction of sp³-hybridized carbons (Fsp3) is 0.462. The molecule has 94 valence electrons. The van der Waals surface area contributed by atoms with Crippen LogP contribution in [0.15, 0.2) is 22.7 Å².